The van der Waals surface area contributed by atoms with Gasteiger partial charge >= 0.3 is 0 Å². The molecule has 2 rings (SSSR count). The van der Waals surface area contributed by atoms with E-state index in [0.29, 0.717) is 6.42 Å². The van der Waals surface area contributed by atoms with E-state index < -0.39 is 6.10 Å². The first-order chi connectivity index (χ1) is 7.13. The number of anilines is 1. The van der Waals surface area contributed by atoms with Crippen molar-refractivity contribution < 1.29 is 5.11 Å². The Morgan fingerprint density at radius 3 is 2.93 bits per heavy atom. The summed E-state index contributed by atoms with van der Waals surface area (Å²) in [6.07, 6.45) is 0.0512. The zero-order valence-corrected chi connectivity index (χ0v) is 8.84. The molecule has 4 heteroatoms. The van der Waals surface area contributed by atoms with Crippen molar-refractivity contribution in [3.8, 4) is 0 Å². The maximum atomic E-state index is 10.7. The molecule has 1 aromatic carbocycles. The maximum Gasteiger partial charge on any atom is 0.0831 e. The highest BCUT2D eigenvalue weighted by molar-refractivity contribution is 5.57. The van der Waals surface area contributed by atoms with Gasteiger partial charge in [0.2, 0.25) is 0 Å². The largest absolute Gasteiger partial charge is 0.388 e. The van der Waals surface area contributed by atoms with Crippen molar-refractivity contribution in [1.82, 2.24) is 0 Å². The van der Waals surface area contributed by atoms with Crippen LogP contribution in [-0.4, -0.2) is 11.1 Å². The number of nitroso groups, excluding NO2 is 1. The minimum Gasteiger partial charge on any atom is -0.388 e. The monoisotopic (exact) mass is 206 g/mol. The summed E-state index contributed by atoms with van der Waals surface area (Å²) in [6, 6.07) is 5.62. The lowest BCUT2D eigenvalue weighted by atomic mass is 9.94. The molecule has 0 saturated carbocycles. The Morgan fingerprint density at radius 2 is 2.27 bits per heavy atom. The van der Waals surface area contributed by atoms with E-state index in [1.807, 2.05) is 32.0 Å². The van der Waals surface area contributed by atoms with Crippen LogP contribution in [0.3, 0.4) is 0 Å². The van der Waals surface area contributed by atoms with Gasteiger partial charge in [-0.3, -0.25) is 0 Å². The Bertz CT molecular complexity index is 392. The average Bonchev–Trinajstić information content (AvgIpc) is 2.19. The SMILES string of the molecule is Cc1ccc2c(c1)[C@H](O)C[C@@H](C)N2N=O. The molecule has 1 heterocycles. The van der Waals surface area contributed by atoms with Crippen LogP contribution in [0.5, 0.6) is 0 Å². The average molecular weight is 206 g/mol. The lowest BCUT2D eigenvalue weighted by Crippen LogP contribution is -2.34. The lowest BCUT2D eigenvalue weighted by Gasteiger charge is -2.33. The number of nitrogens with zero attached hydrogens (tertiary/aromatic N) is 2. The molecule has 0 fully saturated rings. The molecule has 80 valence electrons. The van der Waals surface area contributed by atoms with Crippen LogP contribution in [0.1, 0.15) is 30.6 Å². The van der Waals surface area contributed by atoms with Gasteiger partial charge in [-0.05, 0) is 26.3 Å². The Hall–Kier alpha value is -1.42. The first-order valence-corrected chi connectivity index (χ1v) is 5.04. The molecule has 0 aromatic heterocycles. The van der Waals surface area contributed by atoms with E-state index in [-0.39, 0.29) is 6.04 Å². The molecule has 0 bridgehead atoms. The van der Waals surface area contributed by atoms with E-state index in [9.17, 15) is 10.0 Å². The first-order valence-electron chi connectivity index (χ1n) is 5.04. The number of hydrogen-bond acceptors (Lipinski definition) is 3. The van der Waals surface area contributed by atoms with Gasteiger partial charge in [0.15, 0.2) is 0 Å². The van der Waals surface area contributed by atoms with Crippen LogP contribution < -0.4 is 5.01 Å². The highest BCUT2D eigenvalue weighted by Crippen LogP contribution is 2.37. The van der Waals surface area contributed by atoms with E-state index in [4.69, 9.17) is 0 Å². The van der Waals surface area contributed by atoms with Gasteiger partial charge in [-0.2, -0.15) is 0 Å². The minimum atomic E-state index is -0.493. The Morgan fingerprint density at radius 1 is 1.53 bits per heavy atom. The summed E-state index contributed by atoms with van der Waals surface area (Å²) in [4.78, 5) is 10.7. The molecule has 0 radical (unpaired) electrons. The Balaban J connectivity index is 2.53. The van der Waals surface area contributed by atoms with Crippen LogP contribution >= 0.6 is 0 Å². The highest BCUT2D eigenvalue weighted by atomic mass is 16.3. The van der Waals surface area contributed by atoms with Crippen LogP contribution in [0.15, 0.2) is 23.5 Å². The number of benzene rings is 1. The number of aliphatic hydroxyl groups is 1. The lowest BCUT2D eigenvalue weighted by molar-refractivity contribution is 0.151. The van der Waals surface area contributed by atoms with Gasteiger partial charge in [-0.1, -0.05) is 17.7 Å². The van der Waals surface area contributed by atoms with E-state index in [2.05, 4.69) is 5.29 Å². The molecule has 1 aliphatic heterocycles. The number of hydrogen-bond donors (Lipinski definition) is 1. The zero-order chi connectivity index (χ0) is 11.0. The quantitative estimate of drug-likeness (QED) is 0.717. The van der Waals surface area contributed by atoms with Crippen molar-refractivity contribution >= 4 is 5.69 Å². The summed E-state index contributed by atoms with van der Waals surface area (Å²) >= 11 is 0. The second-order valence-corrected chi connectivity index (χ2v) is 4.09. The molecule has 15 heavy (non-hydrogen) atoms. The highest BCUT2D eigenvalue weighted by Gasteiger charge is 2.29. The van der Waals surface area contributed by atoms with Crippen molar-refractivity contribution in [3.63, 3.8) is 0 Å². The van der Waals surface area contributed by atoms with Gasteiger partial charge in [0, 0.05) is 5.56 Å². The third kappa shape index (κ3) is 1.61. The number of rotatable bonds is 1. The topological polar surface area (TPSA) is 52.9 Å². The number of aliphatic hydroxyl groups excluding tert-OH is 1. The second-order valence-electron chi connectivity index (χ2n) is 4.09. The fourth-order valence-corrected chi connectivity index (χ4v) is 2.06. The molecule has 1 aliphatic rings. The maximum absolute atomic E-state index is 10.7. The molecule has 0 unspecified atom stereocenters. The van der Waals surface area contributed by atoms with Crippen LogP contribution in [0.4, 0.5) is 5.69 Å². The summed E-state index contributed by atoms with van der Waals surface area (Å²) in [5.74, 6) is 0. The van der Waals surface area contributed by atoms with E-state index >= 15 is 0 Å². The van der Waals surface area contributed by atoms with Crippen LogP contribution in [0.2, 0.25) is 0 Å². The molecule has 1 N–H and O–H groups in total. The summed E-state index contributed by atoms with van der Waals surface area (Å²) in [5.41, 5.74) is 2.60. The van der Waals surface area contributed by atoms with Gasteiger partial charge < -0.3 is 5.11 Å². The predicted molar refractivity (Wildman–Crippen MR) is 58.5 cm³/mol. The summed E-state index contributed by atoms with van der Waals surface area (Å²) in [7, 11) is 0. The Kier molecular flexibility index (Phi) is 2.44. The van der Waals surface area contributed by atoms with Crippen LogP contribution in [0.25, 0.3) is 0 Å². The molecule has 0 saturated heterocycles. The minimum absolute atomic E-state index is 0.0484. The third-order valence-electron chi connectivity index (χ3n) is 2.86. The van der Waals surface area contributed by atoms with Crippen molar-refractivity contribution in [3.05, 3.63) is 34.2 Å². The van der Waals surface area contributed by atoms with Crippen molar-refractivity contribution in [1.29, 1.82) is 0 Å². The molecule has 0 amide bonds. The van der Waals surface area contributed by atoms with Crippen LogP contribution in [-0.2, 0) is 0 Å². The molecule has 1 aromatic rings. The standard InChI is InChI=1S/C11H14N2O2/c1-7-3-4-10-9(5-7)11(14)6-8(2)13(10)12-15/h3-5,8,11,14H,6H2,1-2H3/t8-,11-/m1/s1. The third-order valence-corrected chi connectivity index (χ3v) is 2.86. The number of fused-ring (bicyclic) bond motifs is 1. The predicted octanol–water partition coefficient (Wildman–Crippen LogP) is 2.31. The summed E-state index contributed by atoms with van der Waals surface area (Å²) in [5, 5.41) is 14.3. The second kappa shape index (κ2) is 3.62. The van der Waals surface area contributed by atoms with Gasteiger partial charge in [-0.15, -0.1) is 4.91 Å². The fourth-order valence-electron chi connectivity index (χ4n) is 2.06. The molecule has 0 spiro atoms. The zero-order valence-electron chi connectivity index (χ0n) is 8.84. The smallest absolute Gasteiger partial charge is 0.0831 e. The van der Waals surface area contributed by atoms with E-state index in [0.717, 1.165) is 16.8 Å². The van der Waals surface area contributed by atoms with Crippen molar-refractivity contribution in [2.24, 2.45) is 5.29 Å². The van der Waals surface area contributed by atoms with E-state index in [1.54, 1.807) is 0 Å². The van der Waals surface area contributed by atoms with Gasteiger partial charge in [0.1, 0.15) is 0 Å². The summed E-state index contributed by atoms with van der Waals surface area (Å²) in [6.45, 7) is 3.84. The first kappa shape index (κ1) is 10.1. The molecule has 4 nitrogen and oxygen atoms in total. The number of aryl methyl sites for hydroxylation is 1. The fraction of sp³-hybridized carbons (Fsp3) is 0.455. The molecular formula is C11H14N2O2. The molecule has 0 aliphatic carbocycles. The van der Waals surface area contributed by atoms with Crippen molar-refractivity contribution in [2.75, 3.05) is 5.01 Å². The van der Waals surface area contributed by atoms with Crippen molar-refractivity contribution in [2.45, 2.75) is 32.4 Å². The molecule has 2 atom stereocenters. The summed E-state index contributed by atoms with van der Waals surface area (Å²) < 4.78 is 0. The Labute approximate surface area is 88.5 Å². The van der Waals surface area contributed by atoms with Crippen LogP contribution in [0, 0.1) is 11.8 Å². The normalized spacial score (nSPS) is 24.9. The molecular weight excluding hydrogens is 192 g/mol. The van der Waals surface area contributed by atoms with E-state index in [1.165, 1.54) is 5.01 Å². The van der Waals surface area contributed by atoms with Gasteiger partial charge in [0.05, 0.1) is 23.1 Å². The van der Waals surface area contributed by atoms with Gasteiger partial charge in [-0.25, -0.2) is 5.01 Å². The van der Waals surface area contributed by atoms with Gasteiger partial charge in [0.25, 0.3) is 0 Å².